The van der Waals surface area contributed by atoms with Crippen LogP contribution in [0.5, 0.6) is 0 Å². The van der Waals surface area contributed by atoms with E-state index in [0.717, 1.165) is 36.6 Å². The largest absolute Gasteiger partial charge is 0.464 e. The first kappa shape index (κ1) is 11.0. The van der Waals surface area contributed by atoms with E-state index >= 15 is 0 Å². The van der Waals surface area contributed by atoms with Gasteiger partial charge in [-0.2, -0.15) is 5.10 Å². The molecule has 2 aromatic heterocycles. The van der Waals surface area contributed by atoms with E-state index in [1.807, 2.05) is 23.7 Å². The molecule has 86 valence electrons. The molecule has 3 heteroatoms. The predicted octanol–water partition coefficient (Wildman–Crippen LogP) is 2.96. The van der Waals surface area contributed by atoms with E-state index in [-0.39, 0.29) is 0 Å². The van der Waals surface area contributed by atoms with Crippen molar-refractivity contribution in [1.29, 1.82) is 0 Å². The van der Waals surface area contributed by atoms with Gasteiger partial charge in [-0.1, -0.05) is 13.8 Å². The van der Waals surface area contributed by atoms with Crippen LogP contribution in [0.15, 0.2) is 22.6 Å². The van der Waals surface area contributed by atoms with Crippen molar-refractivity contribution in [3.8, 4) is 0 Å². The highest BCUT2D eigenvalue weighted by atomic mass is 16.3. The van der Waals surface area contributed by atoms with Gasteiger partial charge < -0.3 is 4.42 Å². The van der Waals surface area contributed by atoms with E-state index in [1.165, 1.54) is 5.69 Å². The maximum absolute atomic E-state index is 5.57. The summed E-state index contributed by atoms with van der Waals surface area (Å²) >= 11 is 0. The van der Waals surface area contributed by atoms with Gasteiger partial charge in [0.05, 0.1) is 12.2 Å². The molecule has 0 aliphatic rings. The van der Waals surface area contributed by atoms with Crippen molar-refractivity contribution in [1.82, 2.24) is 9.78 Å². The Kier molecular flexibility index (Phi) is 3.13. The van der Waals surface area contributed by atoms with Crippen molar-refractivity contribution in [2.45, 2.75) is 40.2 Å². The Labute approximate surface area is 96.1 Å². The number of aromatic nitrogens is 2. The quantitative estimate of drug-likeness (QED) is 0.790. The molecular weight excluding hydrogens is 200 g/mol. The lowest BCUT2D eigenvalue weighted by Gasteiger charge is -2.02. The van der Waals surface area contributed by atoms with Crippen LogP contribution in [0, 0.1) is 6.92 Å². The Hall–Kier alpha value is -1.51. The third-order valence-corrected chi connectivity index (χ3v) is 2.74. The minimum atomic E-state index is 0.733. The molecule has 0 aromatic carbocycles. The molecule has 0 aliphatic carbocycles. The standard InChI is InChI=1S/C13H18N2O/c1-4-11-8-12(5-2)15(14-11)9-13-7-6-10(3)16-13/h6-8H,4-5,9H2,1-3H3. The minimum absolute atomic E-state index is 0.733. The molecule has 0 saturated carbocycles. The van der Waals surface area contributed by atoms with Crippen LogP contribution in [0.2, 0.25) is 0 Å². The molecule has 0 unspecified atom stereocenters. The van der Waals surface area contributed by atoms with E-state index in [0.29, 0.717) is 0 Å². The SMILES string of the molecule is CCc1cc(CC)n(Cc2ccc(C)o2)n1. The fourth-order valence-electron chi connectivity index (χ4n) is 1.83. The molecule has 2 rings (SSSR count). The van der Waals surface area contributed by atoms with Gasteiger partial charge in [-0.3, -0.25) is 4.68 Å². The molecule has 0 saturated heterocycles. The number of rotatable bonds is 4. The van der Waals surface area contributed by atoms with Crippen LogP contribution in [0.4, 0.5) is 0 Å². The molecule has 3 nitrogen and oxygen atoms in total. The molecule has 0 amide bonds. The first-order valence-electron chi connectivity index (χ1n) is 5.83. The molecule has 0 spiro atoms. The summed E-state index contributed by atoms with van der Waals surface area (Å²) in [6.07, 6.45) is 1.99. The summed E-state index contributed by atoms with van der Waals surface area (Å²) in [4.78, 5) is 0. The topological polar surface area (TPSA) is 31.0 Å². The highest BCUT2D eigenvalue weighted by Crippen LogP contribution is 2.12. The van der Waals surface area contributed by atoms with Crippen molar-refractivity contribution in [2.75, 3.05) is 0 Å². The second kappa shape index (κ2) is 4.56. The van der Waals surface area contributed by atoms with Crippen LogP contribution >= 0.6 is 0 Å². The molecule has 0 N–H and O–H groups in total. The van der Waals surface area contributed by atoms with Crippen molar-refractivity contribution < 1.29 is 4.42 Å². The van der Waals surface area contributed by atoms with Gasteiger partial charge in [0.25, 0.3) is 0 Å². The molecule has 0 radical (unpaired) electrons. The Morgan fingerprint density at radius 3 is 2.62 bits per heavy atom. The summed E-state index contributed by atoms with van der Waals surface area (Å²) in [5.74, 6) is 1.92. The highest BCUT2D eigenvalue weighted by molar-refractivity contribution is 5.13. The maximum Gasteiger partial charge on any atom is 0.125 e. The van der Waals surface area contributed by atoms with Gasteiger partial charge in [-0.05, 0) is 38.0 Å². The van der Waals surface area contributed by atoms with Crippen molar-refractivity contribution in [3.05, 3.63) is 41.1 Å². The molecule has 0 fully saturated rings. The lowest BCUT2D eigenvalue weighted by atomic mass is 10.2. The van der Waals surface area contributed by atoms with Crippen molar-refractivity contribution >= 4 is 0 Å². The van der Waals surface area contributed by atoms with Crippen LogP contribution < -0.4 is 0 Å². The minimum Gasteiger partial charge on any atom is -0.464 e. The average Bonchev–Trinajstić information content (AvgIpc) is 2.85. The second-order valence-electron chi connectivity index (χ2n) is 4.00. The summed E-state index contributed by atoms with van der Waals surface area (Å²) in [6.45, 7) is 6.98. The average molecular weight is 218 g/mol. The third kappa shape index (κ3) is 2.18. The second-order valence-corrected chi connectivity index (χ2v) is 4.00. The Morgan fingerprint density at radius 2 is 2.06 bits per heavy atom. The number of furan rings is 1. The molecule has 16 heavy (non-hydrogen) atoms. The number of hydrogen-bond acceptors (Lipinski definition) is 2. The molecule has 2 aromatic rings. The molecule has 0 bridgehead atoms. The molecule has 0 aliphatic heterocycles. The molecular formula is C13H18N2O. The zero-order valence-corrected chi connectivity index (χ0v) is 10.2. The smallest absolute Gasteiger partial charge is 0.125 e. The third-order valence-electron chi connectivity index (χ3n) is 2.74. The summed E-state index contributed by atoms with van der Waals surface area (Å²) < 4.78 is 7.61. The Balaban J connectivity index is 2.22. The normalized spacial score (nSPS) is 10.9. The van der Waals surface area contributed by atoms with E-state index in [1.54, 1.807) is 0 Å². The first-order valence-corrected chi connectivity index (χ1v) is 5.83. The van der Waals surface area contributed by atoms with Crippen LogP contribution in [0.25, 0.3) is 0 Å². The maximum atomic E-state index is 5.57. The summed E-state index contributed by atoms with van der Waals surface area (Å²) in [6, 6.07) is 6.18. The lowest BCUT2D eigenvalue weighted by Crippen LogP contribution is -2.05. The van der Waals surface area contributed by atoms with Gasteiger partial charge >= 0.3 is 0 Å². The Bertz CT molecular complexity index is 468. The first-order chi connectivity index (χ1) is 7.72. The molecule has 0 atom stereocenters. The zero-order chi connectivity index (χ0) is 11.5. The van der Waals surface area contributed by atoms with Gasteiger partial charge in [0.15, 0.2) is 0 Å². The van der Waals surface area contributed by atoms with Gasteiger partial charge in [-0.25, -0.2) is 0 Å². The van der Waals surface area contributed by atoms with E-state index in [9.17, 15) is 0 Å². The van der Waals surface area contributed by atoms with Crippen LogP contribution in [-0.4, -0.2) is 9.78 Å². The van der Waals surface area contributed by atoms with Gasteiger partial charge in [0, 0.05) is 5.69 Å². The van der Waals surface area contributed by atoms with Gasteiger partial charge in [0.2, 0.25) is 0 Å². The molecule has 2 heterocycles. The van der Waals surface area contributed by atoms with E-state index < -0.39 is 0 Å². The van der Waals surface area contributed by atoms with Crippen LogP contribution in [0.3, 0.4) is 0 Å². The van der Waals surface area contributed by atoms with E-state index in [4.69, 9.17) is 4.42 Å². The Morgan fingerprint density at radius 1 is 1.25 bits per heavy atom. The fraction of sp³-hybridized carbons (Fsp3) is 0.462. The lowest BCUT2D eigenvalue weighted by molar-refractivity contribution is 0.454. The van der Waals surface area contributed by atoms with Gasteiger partial charge in [0.1, 0.15) is 11.5 Å². The summed E-state index contributed by atoms with van der Waals surface area (Å²) in [7, 11) is 0. The monoisotopic (exact) mass is 218 g/mol. The number of hydrogen-bond donors (Lipinski definition) is 0. The van der Waals surface area contributed by atoms with Crippen LogP contribution in [-0.2, 0) is 19.4 Å². The summed E-state index contributed by atoms with van der Waals surface area (Å²) in [5, 5.41) is 4.56. The fourth-order valence-corrected chi connectivity index (χ4v) is 1.83. The number of nitrogens with zero attached hydrogens (tertiary/aromatic N) is 2. The van der Waals surface area contributed by atoms with Crippen molar-refractivity contribution in [2.24, 2.45) is 0 Å². The zero-order valence-electron chi connectivity index (χ0n) is 10.2. The highest BCUT2D eigenvalue weighted by Gasteiger charge is 2.07. The van der Waals surface area contributed by atoms with Crippen molar-refractivity contribution in [3.63, 3.8) is 0 Å². The van der Waals surface area contributed by atoms with Crippen LogP contribution in [0.1, 0.15) is 36.8 Å². The van der Waals surface area contributed by atoms with E-state index in [2.05, 4.69) is 25.0 Å². The summed E-state index contributed by atoms with van der Waals surface area (Å²) in [5.41, 5.74) is 2.42. The number of aryl methyl sites for hydroxylation is 3. The predicted molar refractivity (Wildman–Crippen MR) is 63.5 cm³/mol. The van der Waals surface area contributed by atoms with Gasteiger partial charge in [-0.15, -0.1) is 0 Å².